The molecule has 0 saturated heterocycles. The lowest BCUT2D eigenvalue weighted by Gasteiger charge is -2.28. The normalized spacial score (nSPS) is 16.7. The van der Waals surface area contributed by atoms with E-state index < -0.39 is 22.0 Å². The monoisotopic (exact) mass is 240 g/mol. The first-order valence-electron chi connectivity index (χ1n) is 4.77. The Labute approximate surface area is 90.8 Å². The Kier molecular flexibility index (Phi) is 6.30. The molecule has 0 amide bonds. The number of hydrogen-bond donors (Lipinski definition) is 3. The Hall–Kier alpha value is -0.210. The number of nitrogens with zero attached hydrogens (tertiary/aromatic N) is 1. The minimum atomic E-state index is -4.13. The van der Waals surface area contributed by atoms with Gasteiger partial charge < -0.3 is 15.7 Å². The van der Waals surface area contributed by atoms with Gasteiger partial charge in [-0.2, -0.15) is 8.42 Å². The molecule has 0 bridgehead atoms. The molecule has 0 saturated carbocycles. The number of hydrogen-bond acceptors (Lipinski definition) is 5. The SMILES string of the molecule is CN(C)C(CCCN)C(O)CS(=O)(=O)O. The third kappa shape index (κ3) is 6.80. The summed E-state index contributed by atoms with van der Waals surface area (Å²) in [5.41, 5.74) is 5.34. The number of aliphatic hydroxyl groups is 1. The molecule has 15 heavy (non-hydrogen) atoms. The highest BCUT2D eigenvalue weighted by atomic mass is 32.2. The molecule has 0 aliphatic rings. The van der Waals surface area contributed by atoms with Crippen LogP contribution in [0.15, 0.2) is 0 Å². The molecular weight excluding hydrogens is 220 g/mol. The zero-order valence-corrected chi connectivity index (χ0v) is 9.94. The van der Waals surface area contributed by atoms with E-state index in [0.717, 1.165) is 0 Å². The molecule has 0 rings (SSSR count). The molecule has 2 atom stereocenters. The van der Waals surface area contributed by atoms with Crippen molar-refractivity contribution in [2.75, 3.05) is 26.4 Å². The minimum Gasteiger partial charge on any atom is -0.390 e. The summed E-state index contributed by atoms with van der Waals surface area (Å²) in [6.07, 6.45) is 0.201. The Balaban J connectivity index is 4.35. The van der Waals surface area contributed by atoms with E-state index in [9.17, 15) is 13.5 Å². The molecule has 0 aromatic carbocycles. The van der Waals surface area contributed by atoms with Crippen LogP contribution in [-0.2, 0) is 10.1 Å². The smallest absolute Gasteiger partial charge is 0.267 e. The Bertz CT molecular complexity index is 266. The van der Waals surface area contributed by atoms with Gasteiger partial charge in [0.15, 0.2) is 0 Å². The predicted molar refractivity (Wildman–Crippen MR) is 58.2 cm³/mol. The molecule has 0 spiro atoms. The summed E-state index contributed by atoms with van der Waals surface area (Å²) in [4.78, 5) is 1.73. The molecule has 0 aromatic rings. The first kappa shape index (κ1) is 14.8. The lowest BCUT2D eigenvalue weighted by molar-refractivity contribution is 0.0853. The summed E-state index contributed by atoms with van der Waals surface area (Å²) in [6.45, 7) is 0.489. The van der Waals surface area contributed by atoms with Gasteiger partial charge in [0.1, 0.15) is 5.75 Å². The maximum Gasteiger partial charge on any atom is 0.267 e. The van der Waals surface area contributed by atoms with Gasteiger partial charge in [0.2, 0.25) is 0 Å². The van der Waals surface area contributed by atoms with Crippen LogP contribution in [0.1, 0.15) is 12.8 Å². The lowest BCUT2D eigenvalue weighted by atomic mass is 10.1. The van der Waals surface area contributed by atoms with Crippen LogP contribution in [0.2, 0.25) is 0 Å². The van der Waals surface area contributed by atoms with Gasteiger partial charge in [-0.05, 0) is 33.5 Å². The second-order valence-electron chi connectivity index (χ2n) is 3.78. The van der Waals surface area contributed by atoms with Crippen molar-refractivity contribution < 1.29 is 18.1 Å². The summed E-state index contributed by atoms with van der Waals surface area (Å²) >= 11 is 0. The summed E-state index contributed by atoms with van der Waals surface area (Å²) in [7, 11) is -0.646. The van der Waals surface area contributed by atoms with Crippen molar-refractivity contribution in [3.8, 4) is 0 Å². The maximum atomic E-state index is 10.6. The first-order chi connectivity index (χ1) is 6.78. The van der Waals surface area contributed by atoms with Crippen molar-refractivity contribution in [2.24, 2.45) is 5.73 Å². The molecule has 0 aromatic heterocycles. The van der Waals surface area contributed by atoms with Gasteiger partial charge in [-0.15, -0.1) is 0 Å². The largest absolute Gasteiger partial charge is 0.390 e. The maximum absolute atomic E-state index is 10.6. The van der Waals surface area contributed by atoms with E-state index in [0.29, 0.717) is 19.4 Å². The van der Waals surface area contributed by atoms with Crippen LogP contribution in [0.5, 0.6) is 0 Å². The van der Waals surface area contributed by atoms with Gasteiger partial charge in [-0.3, -0.25) is 4.55 Å². The average molecular weight is 240 g/mol. The minimum absolute atomic E-state index is 0.310. The number of likely N-dealkylation sites (N-methyl/N-ethyl adjacent to an activating group) is 1. The fourth-order valence-electron chi connectivity index (χ4n) is 1.45. The summed E-state index contributed by atoms with van der Waals surface area (Å²) < 4.78 is 29.8. The van der Waals surface area contributed by atoms with Gasteiger partial charge in [0.25, 0.3) is 10.1 Å². The Morgan fingerprint density at radius 2 is 1.93 bits per heavy atom. The second-order valence-corrected chi connectivity index (χ2v) is 5.27. The van der Waals surface area contributed by atoms with Crippen molar-refractivity contribution in [3.05, 3.63) is 0 Å². The number of nitrogens with two attached hydrogens (primary N) is 1. The van der Waals surface area contributed by atoms with Crippen LogP contribution in [0.4, 0.5) is 0 Å². The molecule has 2 unspecified atom stereocenters. The van der Waals surface area contributed by atoms with Crippen LogP contribution in [0, 0.1) is 0 Å². The van der Waals surface area contributed by atoms with Crippen LogP contribution in [-0.4, -0.2) is 61.5 Å². The molecule has 0 fully saturated rings. The summed E-state index contributed by atoms with van der Waals surface area (Å²) in [5, 5.41) is 9.62. The number of aliphatic hydroxyl groups excluding tert-OH is 1. The van der Waals surface area contributed by atoms with E-state index in [1.807, 2.05) is 0 Å². The van der Waals surface area contributed by atoms with E-state index in [4.69, 9.17) is 10.3 Å². The van der Waals surface area contributed by atoms with Crippen molar-refractivity contribution >= 4 is 10.1 Å². The fourth-order valence-corrected chi connectivity index (χ4v) is 2.10. The molecule has 0 aliphatic heterocycles. The van der Waals surface area contributed by atoms with Crippen LogP contribution >= 0.6 is 0 Å². The Morgan fingerprint density at radius 3 is 2.27 bits per heavy atom. The lowest BCUT2D eigenvalue weighted by Crippen LogP contribution is -2.42. The van der Waals surface area contributed by atoms with Crippen molar-refractivity contribution in [1.82, 2.24) is 4.90 Å². The highest BCUT2D eigenvalue weighted by Gasteiger charge is 2.25. The Morgan fingerprint density at radius 1 is 1.40 bits per heavy atom. The molecule has 92 valence electrons. The fraction of sp³-hybridized carbons (Fsp3) is 1.00. The van der Waals surface area contributed by atoms with Crippen LogP contribution in [0.25, 0.3) is 0 Å². The van der Waals surface area contributed by atoms with E-state index in [-0.39, 0.29) is 6.04 Å². The molecule has 0 radical (unpaired) electrons. The quantitative estimate of drug-likeness (QED) is 0.488. The summed E-state index contributed by atoms with van der Waals surface area (Å²) in [6, 6.07) is -0.310. The van der Waals surface area contributed by atoms with Gasteiger partial charge in [0.05, 0.1) is 6.10 Å². The van der Waals surface area contributed by atoms with Gasteiger partial charge >= 0.3 is 0 Å². The topological polar surface area (TPSA) is 104 Å². The van der Waals surface area contributed by atoms with E-state index in [1.54, 1.807) is 19.0 Å². The van der Waals surface area contributed by atoms with Gasteiger partial charge in [-0.25, -0.2) is 0 Å². The second kappa shape index (κ2) is 6.39. The molecule has 7 heteroatoms. The van der Waals surface area contributed by atoms with E-state index in [2.05, 4.69) is 0 Å². The summed E-state index contributed by atoms with van der Waals surface area (Å²) in [5.74, 6) is -0.638. The third-order valence-electron chi connectivity index (χ3n) is 2.19. The van der Waals surface area contributed by atoms with E-state index in [1.165, 1.54) is 0 Å². The molecule has 4 N–H and O–H groups in total. The highest BCUT2D eigenvalue weighted by molar-refractivity contribution is 7.85. The molecule has 6 nitrogen and oxygen atoms in total. The zero-order valence-electron chi connectivity index (χ0n) is 9.13. The van der Waals surface area contributed by atoms with Gasteiger partial charge in [0, 0.05) is 6.04 Å². The average Bonchev–Trinajstić information content (AvgIpc) is 2.00. The standard InChI is InChI=1S/C8H20N2O4S/c1-10(2)7(4-3-5-9)8(11)6-15(12,13)14/h7-8,11H,3-6,9H2,1-2H3,(H,12,13,14). The van der Waals surface area contributed by atoms with Crippen LogP contribution < -0.4 is 5.73 Å². The van der Waals surface area contributed by atoms with Crippen molar-refractivity contribution in [3.63, 3.8) is 0 Å². The van der Waals surface area contributed by atoms with Crippen molar-refractivity contribution in [1.29, 1.82) is 0 Å². The third-order valence-corrected chi connectivity index (χ3v) is 2.96. The van der Waals surface area contributed by atoms with Crippen molar-refractivity contribution in [2.45, 2.75) is 25.0 Å². The molecule has 0 aliphatic carbocycles. The molecular formula is C8H20N2O4S. The first-order valence-corrected chi connectivity index (χ1v) is 6.38. The number of rotatable bonds is 7. The zero-order chi connectivity index (χ0) is 12.1. The highest BCUT2D eigenvalue weighted by Crippen LogP contribution is 2.09. The molecule has 0 heterocycles. The van der Waals surface area contributed by atoms with E-state index >= 15 is 0 Å². The predicted octanol–water partition coefficient (Wildman–Crippen LogP) is -1.10. The van der Waals surface area contributed by atoms with Gasteiger partial charge in [-0.1, -0.05) is 0 Å². The van der Waals surface area contributed by atoms with Crippen LogP contribution in [0.3, 0.4) is 0 Å².